The Balaban J connectivity index is 2.58. The summed E-state index contributed by atoms with van der Waals surface area (Å²) in [6.45, 7) is 0.485. The summed E-state index contributed by atoms with van der Waals surface area (Å²) >= 11 is 3.34. The summed E-state index contributed by atoms with van der Waals surface area (Å²) in [6.07, 6.45) is 3.83. The van der Waals surface area contributed by atoms with Gasteiger partial charge in [-0.25, -0.2) is 4.79 Å². The topological polar surface area (TPSA) is 35.5 Å². The maximum absolute atomic E-state index is 11.5. The van der Waals surface area contributed by atoms with Crippen LogP contribution in [0.15, 0.2) is 22.7 Å². The average Bonchev–Trinajstić information content (AvgIpc) is 2.26. The van der Waals surface area contributed by atoms with E-state index >= 15 is 0 Å². The van der Waals surface area contributed by atoms with Gasteiger partial charge in [0.2, 0.25) is 0 Å². The molecule has 0 bridgehead atoms. The van der Waals surface area contributed by atoms with Gasteiger partial charge in [0.25, 0.3) is 0 Å². The highest BCUT2D eigenvalue weighted by Crippen LogP contribution is 2.32. The Bertz CT molecular complexity index is 438. The summed E-state index contributed by atoms with van der Waals surface area (Å²) in [5.41, 5.74) is 1.34. The lowest BCUT2D eigenvalue weighted by Crippen LogP contribution is -2.09. The molecule has 0 spiro atoms. The summed E-state index contributed by atoms with van der Waals surface area (Å²) in [5.74, 6) is 0.204. The SMILES string of the molecule is COC(=O)c1cc(Br)cc2c1OCC=C2. The van der Waals surface area contributed by atoms with Crippen LogP contribution in [0.3, 0.4) is 0 Å². The van der Waals surface area contributed by atoms with Gasteiger partial charge in [-0.15, -0.1) is 0 Å². The normalized spacial score (nSPS) is 12.9. The smallest absolute Gasteiger partial charge is 0.341 e. The fraction of sp³-hybridized carbons (Fsp3) is 0.182. The van der Waals surface area contributed by atoms with Gasteiger partial charge in [0, 0.05) is 10.0 Å². The predicted molar refractivity (Wildman–Crippen MR) is 60.0 cm³/mol. The minimum absolute atomic E-state index is 0.386. The van der Waals surface area contributed by atoms with Crippen LogP contribution in [0.1, 0.15) is 15.9 Å². The predicted octanol–water partition coefficient (Wildman–Crippen LogP) is 2.64. The lowest BCUT2D eigenvalue weighted by molar-refractivity contribution is 0.0596. The van der Waals surface area contributed by atoms with E-state index in [0.717, 1.165) is 10.0 Å². The number of carbonyl (C=O) groups excluding carboxylic acids is 1. The monoisotopic (exact) mass is 268 g/mol. The number of halogens is 1. The van der Waals surface area contributed by atoms with Crippen molar-refractivity contribution in [3.8, 4) is 5.75 Å². The average molecular weight is 269 g/mol. The molecule has 1 aromatic carbocycles. The number of carbonyl (C=O) groups is 1. The number of benzene rings is 1. The first-order valence-corrected chi connectivity index (χ1v) is 5.23. The highest BCUT2D eigenvalue weighted by molar-refractivity contribution is 9.10. The molecule has 0 atom stereocenters. The largest absolute Gasteiger partial charge is 0.488 e. The molecule has 3 nitrogen and oxygen atoms in total. The van der Waals surface area contributed by atoms with Gasteiger partial charge in [0.15, 0.2) is 0 Å². The second-order valence-corrected chi connectivity index (χ2v) is 3.99. The first-order valence-electron chi connectivity index (χ1n) is 4.43. The Morgan fingerprint density at radius 3 is 3.07 bits per heavy atom. The first-order chi connectivity index (χ1) is 7.22. The standard InChI is InChI=1S/C11H9BrO3/c1-14-11(13)9-6-8(12)5-7-3-2-4-15-10(7)9/h2-3,5-6H,4H2,1H3. The maximum Gasteiger partial charge on any atom is 0.341 e. The molecule has 0 aliphatic carbocycles. The van der Waals surface area contributed by atoms with E-state index in [9.17, 15) is 4.79 Å². The zero-order valence-corrected chi connectivity index (χ0v) is 9.71. The number of ether oxygens (including phenoxy) is 2. The Morgan fingerprint density at radius 1 is 1.53 bits per heavy atom. The van der Waals surface area contributed by atoms with E-state index in [2.05, 4.69) is 15.9 Å². The fourth-order valence-corrected chi connectivity index (χ4v) is 1.94. The van der Waals surface area contributed by atoms with Crippen LogP contribution in [0.25, 0.3) is 6.08 Å². The molecular formula is C11H9BrO3. The maximum atomic E-state index is 11.5. The van der Waals surface area contributed by atoms with Crippen molar-refractivity contribution >= 4 is 28.0 Å². The third kappa shape index (κ3) is 1.90. The van der Waals surface area contributed by atoms with Crippen LogP contribution in [-0.4, -0.2) is 19.7 Å². The van der Waals surface area contributed by atoms with Gasteiger partial charge in [-0.2, -0.15) is 0 Å². The Kier molecular flexibility index (Phi) is 2.77. The van der Waals surface area contributed by atoms with Crippen molar-refractivity contribution in [3.05, 3.63) is 33.8 Å². The van der Waals surface area contributed by atoms with Gasteiger partial charge in [0.1, 0.15) is 17.9 Å². The number of hydrogen-bond acceptors (Lipinski definition) is 3. The van der Waals surface area contributed by atoms with E-state index in [-0.39, 0.29) is 5.97 Å². The van der Waals surface area contributed by atoms with Crippen LogP contribution < -0.4 is 4.74 Å². The minimum Gasteiger partial charge on any atom is -0.488 e. The highest BCUT2D eigenvalue weighted by Gasteiger charge is 2.18. The number of hydrogen-bond donors (Lipinski definition) is 0. The number of rotatable bonds is 1. The molecule has 0 saturated carbocycles. The summed E-state index contributed by atoms with van der Waals surface area (Å²) in [4.78, 5) is 11.5. The number of methoxy groups -OCH3 is 1. The van der Waals surface area contributed by atoms with Crippen molar-refractivity contribution < 1.29 is 14.3 Å². The Morgan fingerprint density at radius 2 is 2.33 bits per heavy atom. The molecule has 0 N–H and O–H groups in total. The van der Waals surface area contributed by atoms with Crippen LogP contribution in [0, 0.1) is 0 Å². The second-order valence-electron chi connectivity index (χ2n) is 3.08. The van der Waals surface area contributed by atoms with Gasteiger partial charge >= 0.3 is 5.97 Å². The molecule has 2 rings (SSSR count). The Labute approximate surface area is 95.8 Å². The second kappa shape index (κ2) is 4.06. The molecule has 0 aromatic heterocycles. The summed E-state index contributed by atoms with van der Waals surface area (Å²) in [5, 5.41) is 0. The van der Waals surface area contributed by atoms with Crippen molar-refractivity contribution in [1.82, 2.24) is 0 Å². The zero-order valence-electron chi connectivity index (χ0n) is 8.12. The van der Waals surface area contributed by atoms with E-state index in [1.165, 1.54) is 7.11 Å². The van der Waals surface area contributed by atoms with Crippen LogP contribution in [0.5, 0.6) is 5.75 Å². The summed E-state index contributed by atoms with van der Waals surface area (Å²) < 4.78 is 10.9. The molecule has 1 aromatic rings. The summed E-state index contributed by atoms with van der Waals surface area (Å²) in [6, 6.07) is 3.60. The van der Waals surface area contributed by atoms with Crippen molar-refractivity contribution in [1.29, 1.82) is 0 Å². The van der Waals surface area contributed by atoms with E-state index in [0.29, 0.717) is 17.9 Å². The van der Waals surface area contributed by atoms with Crippen molar-refractivity contribution in [3.63, 3.8) is 0 Å². The van der Waals surface area contributed by atoms with Crippen LogP contribution in [0.4, 0.5) is 0 Å². The van der Waals surface area contributed by atoms with Gasteiger partial charge in [-0.05, 0) is 18.2 Å². The van der Waals surface area contributed by atoms with E-state index in [1.807, 2.05) is 18.2 Å². The van der Waals surface area contributed by atoms with Gasteiger partial charge in [-0.3, -0.25) is 0 Å². The molecule has 4 heteroatoms. The van der Waals surface area contributed by atoms with Gasteiger partial charge in [0.05, 0.1) is 7.11 Å². The molecule has 1 aliphatic rings. The van der Waals surface area contributed by atoms with E-state index in [1.54, 1.807) is 6.07 Å². The third-order valence-corrected chi connectivity index (χ3v) is 2.57. The molecule has 0 radical (unpaired) electrons. The highest BCUT2D eigenvalue weighted by atomic mass is 79.9. The molecule has 0 saturated heterocycles. The van der Waals surface area contributed by atoms with E-state index < -0.39 is 0 Å². The molecule has 0 amide bonds. The number of esters is 1. The zero-order chi connectivity index (χ0) is 10.8. The fourth-order valence-electron chi connectivity index (χ4n) is 1.47. The summed E-state index contributed by atoms with van der Waals surface area (Å²) in [7, 11) is 1.36. The first kappa shape index (κ1) is 10.2. The minimum atomic E-state index is -0.386. The molecule has 0 unspecified atom stereocenters. The van der Waals surface area contributed by atoms with Crippen molar-refractivity contribution in [2.75, 3.05) is 13.7 Å². The molecule has 15 heavy (non-hydrogen) atoms. The molecule has 1 heterocycles. The lowest BCUT2D eigenvalue weighted by atomic mass is 10.1. The molecule has 0 fully saturated rings. The lowest BCUT2D eigenvalue weighted by Gasteiger charge is -2.15. The van der Waals surface area contributed by atoms with Crippen molar-refractivity contribution in [2.24, 2.45) is 0 Å². The van der Waals surface area contributed by atoms with Crippen LogP contribution in [0.2, 0.25) is 0 Å². The van der Waals surface area contributed by atoms with Crippen molar-refractivity contribution in [2.45, 2.75) is 0 Å². The molecular weight excluding hydrogens is 260 g/mol. The molecule has 1 aliphatic heterocycles. The van der Waals surface area contributed by atoms with Gasteiger partial charge in [-0.1, -0.05) is 22.0 Å². The number of fused-ring (bicyclic) bond motifs is 1. The quantitative estimate of drug-likeness (QED) is 0.735. The van der Waals surface area contributed by atoms with E-state index in [4.69, 9.17) is 9.47 Å². The van der Waals surface area contributed by atoms with Gasteiger partial charge < -0.3 is 9.47 Å². The Hall–Kier alpha value is -1.29. The van der Waals surface area contributed by atoms with Crippen LogP contribution >= 0.6 is 15.9 Å². The van der Waals surface area contributed by atoms with Crippen LogP contribution in [-0.2, 0) is 4.74 Å². The third-order valence-electron chi connectivity index (χ3n) is 2.11. The molecule has 78 valence electrons.